The van der Waals surface area contributed by atoms with Gasteiger partial charge in [-0.05, 0) is 50.2 Å². The fourth-order valence-corrected chi connectivity index (χ4v) is 7.18. The molecular formula is C24H23N5O2S2. The van der Waals surface area contributed by atoms with E-state index in [0.717, 1.165) is 53.0 Å². The van der Waals surface area contributed by atoms with Gasteiger partial charge in [-0.1, -0.05) is 17.4 Å². The van der Waals surface area contributed by atoms with Crippen molar-refractivity contribution in [3.05, 3.63) is 42.1 Å². The van der Waals surface area contributed by atoms with Gasteiger partial charge in [-0.2, -0.15) is 5.10 Å². The molecule has 0 unspecified atom stereocenters. The summed E-state index contributed by atoms with van der Waals surface area (Å²) >= 11 is 0.0736. The topological polar surface area (TPSA) is 98.7 Å². The van der Waals surface area contributed by atoms with E-state index in [-0.39, 0.29) is 11.0 Å². The van der Waals surface area contributed by atoms with Crippen LogP contribution in [0.4, 0.5) is 5.69 Å². The second kappa shape index (κ2) is 8.74. The summed E-state index contributed by atoms with van der Waals surface area (Å²) in [5.74, 6) is 0.0699. The summed E-state index contributed by atoms with van der Waals surface area (Å²) in [5, 5.41) is 16.2. The van der Waals surface area contributed by atoms with Crippen molar-refractivity contribution in [2.75, 3.05) is 7.05 Å². The third kappa shape index (κ3) is 3.76. The molecular weight excluding hydrogens is 454 g/mol. The first-order valence-corrected chi connectivity index (χ1v) is 12.6. The second-order valence-electron chi connectivity index (χ2n) is 7.98. The minimum Gasteiger partial charge on any atom is -0.610 e. The number of aromatic hydroxyl groups is 1. The molecule has 7 nitrogen and oxygen atoms in total. The van der Waals surface area contributed by atoms with E-state index in [1.54, 1.807) is 24.1 Å². The molecule has 1 N–H and O–H groups in total. The Kier molecular flexibility index (Phi) is 5.77. The fraction of sp³-hybridized carbons (Fsp3) is 0.250. The average Bonchev–Trinajstić information content (AvgIpc) is 3.35. The summed E-state index contributed by atoms with van der Waals surface area (Å²) in [5.41, 5.74) is 4.85. The first kappa shape index (κ1) is 21.8. The minimum atomic E-state index is -1.24. The van der Waals surface area contributed by atoms with Crippen LogP contribution in [0.25, 0.3) is 32.7 Å². The maximum absolute atomic E-state index is 13.1. The van der Waals surface area contributed by atoms with Crippen LogP contribution in [0.1, 0.15) is 24.8 Å². The molecule has 0 aliphatic heterocycles. The summed E-state index contributed by atoms with van der Waals surface area (Å²) in [6.07, 6.45) is 6.41. The SMILES string of the molecule is C=Nc1ccc(-c2cc(-c3ccnn3C)c3c(O)c([S@+]([O-])C4CCC4)sc3n2)cc1/C=N\C. The number of fused-ring (bicyclic) bond motifs is 1. The highest BCUT2D eigenvalue weighted by molar-refractivity contribution is 7.94. The Morgan fingerprint density at radius 2 is 2.12 bits per heavy atom. The zero-order valence-corrected chi connectivity index (χ0v) is 20.0. The molecule has 168 valence electrons. The van der Waals surface area contributed by atoms with Crippen molar-refractivity contribution in [3.8, 4) is 28.3 Å². The first-order chi connectivity index (χ1) is 16.0. The van der Waals surface area contributed by atoms with Gasteiger partial charge in [-0.3, -0.25) is 14.7 Å². The molecule has 1 aliphatic rings. The van der Waals surface area contributed by atoms with Crippen molar-refractivity contribution >= 4 is 51.3 Å². The molecule has 0 spiro atoms. The Hall–Kier alpha value is -3.01. The van der Waals surface area contributed by atoms with Crippen molar-refractivity contribution in [1.82, 2.24) is 14.8 Å². The number of aliphatic imine (C=N–C) groups is 2. The Balaban J connectivity index is 1.74. The van der Waals surface area contributed by atoms with Crippen molar-refractivity contribution in [3.63, 3.8) is 0 Å². The quantitative estimate of drug-likeness (QED) is 0.308. The molecule has 1 aliphatic carbocycles. The zero-order valence-electron chi connectivity index (χ0n) is 18.4. The number of rotatable bonds is 6. The number of thiophene rings is 1. The van der Waals surface area contributed by atoms with Crippen LogP contribution in [0.5, 0.6) is 5.75 Å². The summed E-state index contributed by atoms with van der Waals surface area (Å²) in [6.45, 7) is 3.64. The smallest absolute Gasteiger partial charge is 0.251 e. The number of aromatic nitrogens is 3. The molecule has 0 amide bonds. The van der Waals surface area contributed by atoms with Gasteiger partial charge in [0, 0.05) is 54.4 Å². The average molecular weight is 478 g/mol. The van der Waals surface area contributed by atoms with Crippen LogP contribution in [0, 0.1) is 0 Å². The van der Waals surface area contributed by atoms with Gasteiger partial charge in [0.2, 0.25) is 0 Å². The monoisotopic (exact) mass is 477 g/mol. The Labute approximate surface area is 198 Å². The maximum atomic E-state index is 13.1. The minimum absolute atomic E-state index is 0.0699. The molecule has 4 aromatic rings. The lowest BCUT2D eigenvalue weighted by Crippen LogP contribution is -2.27. The van der Waals surface area contributed by atoms with Gasteiger partial charge in [0.15, 0.2) is 5.75 Å². The van der Waals surface area contributed by atoms with E-state index in [0.29, 0.717) is 14.4 Å². The highest BCUT2D eigenvalue weighted by atomic mass is 32.2. The third-order valence-electron chi connectivity index (χ3n) is 6.00. The Morgan fingerprint density at radius 1 is 1.30 bits per heavy atom. The van der Waals surface area contributed by atoms with Crippen LogP contribution >= 0.6 is 11.3 Å². The van der Waals surface area contributed by atoms with E-state index < -0.39 is 11.2 Å². The van der Waals surface area contributed by atoms with Crippen molar-refractivity contribution in [1.29, 1.82) is 0 Å². The maximum Gasteiger partial charge on any atom is 0.251 e. The van der Waals surface area contributed by atoms with E-state index in [4.69, 9.17) is 4.98 Å². The molecule has 33 heavy (non-hydrogen) atoms. The number of hydrogen-bond donors (Lipinski definition) is 1. The van der Waals surface area contributed by atoms with Gasteiger partial charge in [0.25, 0.3) is 4.21 Å². The Morgan fingerprint density at radius 3 is 2.76 bits per heavy atom. The van der Waals surface area contributed by atoms with Crippen LogP contribution < -0.4 is 0 Å². The number of pyridine rings is 1. The molecule has 0 saturated heterocycles. The molecule has 1 aromatic carbocycles. The van der Waals surface area contributed by atoms with Gasteiger partial charge in [0.05, 0.1) is 22.5 Å². The highest BCUT2D eigenvalue weighted by Crippen LogP contribution is 2.47. The van der Waals surface area contributed by atoms with Crippen LogP contribution in [-0.2, 0) is 18.2 Å². The van der Waals surface area contributed by atoms with Crippen LogP contribution in [0.3, 0.4) is 0 Å². The van der Waals surface area contributed by atoms with Gasteiger partial charge < -0.3 is 9.66 Å². The largest absolute Gasteiger partial charge is 0.610 e. The number of aryl methyl sites for hydroxylation is 1. The zero-order chi connectivity index (χ0) is 23.1. The van der Waals surface area contributed by atoms with Crippen molar-refractivity contribution in [2.45, 2.75) is 28.7 Å². The fourth-order valence-electron chi connectivity index (χ4n) is 4.02. The molecule has 0 bridgehead atoms. The summed E-state index contributed by atoms with van der Waals surface area (Å²) < 4.78 is 15.4. The van der Waals surface area contributed by atoms with Crippen LogP contribution in [0.2, 0.25) is 0 Å². The molecule has 1 saturated carbocycles. The number of nitrogens with zero attached hydrogens (tertiary/aromatic N) is 5. The van der Waals surface area contributed by atoms with Gasteiger partial charge in [0.1, 0.15) is 10.1 Å². The Bertz CT molecular complexity index is 1390. The second-order valence-corrected chi connectivity index (χ2v) is 10.9. The molecule has 0 radical (unpaired) electrons. The summed E-state index contributed by atoms with van der Waals surface area (Å²) in [4.78, 5) is 13.7. The van der Waals surface area contributed by atoms with E-state index in [1.165, 1.54) is 11.3 Å². The molecule has 1 fully saturated rings. The highest BCUT2D eigenvalue weighted by Gasteiger charge is 2.36. The van der Waals surface area contributed by atoms with Crippen LogP contribution in [-0.4, -0.2) is 49.7 Å². The molecule has 3 aromatic heterocycles. The number of benzene rings is 1. The molecule has 3 heterocycles. The van der Waals surface area contributed by atoms with Gasteiger partial charge in [-0.15, -0.1) is 0 Å². The van der Waals surface area contributed by atoms with E-state index in [1.807, 2.05) is 37.4 Å². The standard InChI is InChI=1S/C24H23N5O2S2/c1-25-13-15-11-14(7-8-18(15)26-2)19-12-17(20-9-10-27-29(20)3)21-22(30)24(32-23(21)28-19)33(31)16-5-4-6-16/h7-13,16,30H,2,4-6H2,1,3H3/b25-13-/t33-/m1/s1. The normalized spacial score (nSPS) is 15.2. The lowest BCUT2D eigenvalue weighted by Gasteiger charge is -2.26. The lowest BCUT2D eigenvalue weighted by molar-refractivity contribution is 0.457. The third-order valence-corrected chi connectivity index (χ3v) is 9.25. The van der Waals surface area contributed by atoms with E-state index in [9.17, 15) is 9.66 Å². The van der Waals surface area contributed by atoms with Crippen molar-refractivity contribution < 1.29 is 9.66 Å². The van der Waals surface area contributed by atoms with Crippen LogP contribution in [0.15, 0.2) is 50.7 Å². The predicted octanol–water partition coefficient (Wildman–Crippen LogP) is 5.11. The van der Waals surface area contributed by atoms with Gasteiger partial charge >= 0.3 is 0 Å². The summed E-state index contributed by atoms with van der Waals surface area (Å²) in [6, 6.07) is 9.65. The molecule has 5 rings (SSSR count). The molecule has 9 heteroatoms. The molecule has 1 atom stereocenters. The first-order valence-electron chi connectivity index (χ1n) is 10.6. The van der Waals surface area contributed by atoms with Crippen molar-refractivity contribution in [2.24, 2.45) is 17.0 Å². The van der Waals surface area contributed by atoms with Gasteiger partial charge in [-0.25, -0.2) is 4.98 Å². The number of hydrogen-bond acceptors (Lipinski definition) is 7. The van der Waals surface area contributed by atoms with E-state index in [2.05, 4.69) is 21.8 Å². The van der Waals surface area contributed by atoms with E-state index >= 15 is 0 Å². The predicted molar refractivity (Wildman–Crippen MR) is 136 cm³/mol. The lowest BCUT2D eigenvalue weighted by atomic mass is 10.00. The summed E-state index contributed by atoms with van der Waals surface area (Å²) in [7, 11) is 3.57.